The second-order valence-corrected chi connectivity index (χ2v) is 5.99. The highest BCUT2D eigenvalue weighted by Gasteiger charge is 2.27. The van der Waals surface area contributed by atoms with Crippen LogP contribution in [0.15, 0.2) is 47.1 Å². The monoisotopic (exact) mass is 326 g/mol. The van der Waals surface area contributed by atoms with Gasteiger partial charge in [-0.1, -0.05) is 23.5 Å². The van der Waals surface area contributed by atoms with Crippen molar-refractivity contribution in [3.05, 3.63) is 47.7 Å². The number of ether oxygens (including phenoxy) is 2. The highest BCUT2D eigenvalue weighted by atomic mass is 32.1. The van der Waals surface area contributed by atoms with E-state index in [2.05, 4.69) is 15.3 Å². The SMILES string of the molecule is c1coc(-c2nnc3sc([C@@H]4COc5ccccc5O4)nn23)c1. The molecule has 0 radical (unpaired) electrons. The third-order valence-electron chi connectivity index (χ3n) is 3.53. The van der Waals surface area contributed by atoms with E-state index >= 15 is 0 Å². The molecule has 7 nitrogen and oxygen atoms in total. The molecule has 0 amide bonds. The molecule has 8 heteroatoms. The van der Waals surface area contributed by atoms with Gasteiger partial charge in [-0.25, -0.2) is 0 Å². The zero-order chi connectivity index (χ0) is 15.2. The van der Waals surface area contributed by atoms with E-state index in [0.29, 0.717) is 23.2 Å². The minimum absolute atomic E-state index is 0.263. The molecule has 3 aromatic heterocycles. The quantitative estimate of drug-likeness (QED) is 0.564. The van der Waals surface area contributed by atoms with Crippen molar-refractivity contribution in [1.82, 2.24) is 19.8 Å². The molecule has 23 heavy (non-hydrogen) atoms. The van der Waals surface area contributed by atoms with Gasteiger partial charge in [-0.3, -0.25) is 0 Å². The third-order valence-corrected chi connectivity index (χ3v) is 4.52. The fourth-order valence-corrected chi connectivity index (χ4v) is 3.32. The summed E-state index contributed by atoms with van der Waals surface area (Å²) in [6.07, 6.45) is 1.33. The van der Waals surface area contributed by atoms with Crippen LogP contribution in [-0.4, -0.2) is 26.4 Å². The Kier molecular flexibility index (Phi) is 2.65. The van der Waals surface area contributed by atoms with Crippen LogP contribution < -0.4 is 9.47 Å². The minimum atomic E-state index is -0.263. The summed E-state index contributed by atoms with van der Waals surface area (Å²) in [5.41, 5.74) is 0. The minimum Gasteiger partial charge on any atom is -0.485 e. The van der Waals surface area contributed by atoms with Crippen LogP contribution in [0.2, 0.25) is 0 Å². The topological polar surface area (TPSA) is 74.7 Å². The van der Waals surface area contributed by atoms with Crippen LogP contribution in [0.25, 0.3) is 16.5 Å². The van der Waals surface area contributed by atoms with Crippen molar-refractivity contribution in [2.45, 2.75) is 6.10 Å². The first kappa shape index (κ1) is 12.7. The van der Waals surface area contributed by atoms with E-state index in [1.807, 2.05) is 30.3 Å². The number of aromatic nitrogens is 4. The van der Waals surface area contributed by atoms with E-state index in [1.165, 1.54) is 11.3 Å². The summed E-state index contributed by atoms with van der Waals surface area (Å²) in [7, 11) is 0. The second kappa shape index (κ2) is 4.82. The van der Waals surface area contributed by atoms with Gasteiger partial charge in [-0.2, -0.15) is 9.61 Å². The molecule has 1 aromatic carbocycles. The molecule has 0 saturated heterocycles. The third kappa shape index (κ3) is 1.99. The van der Waals surface area contributed by atoms with Crippen molar-refractivity contribution >= 4 is 16.3 Å². The number of hydrogen-bond acceptors (Lipinski definition) is 7. The van der Waals surface area contributed by atoms with Crippen molar-refractivity contribution in [2.24, 2.45) is 0 Å². The molecule has 0 bridgehead atoms. The van der Waals surface area contributed by atoms with E-state index in [0.717, 1.165) is 16.5 Å². The number of para-hydroxylation sites is 2. The molecular formula is C15H10N4O3S. The van der Waals surface area contributed by atoms with Crippen molar-refractivity contribution in [3.63, 3.8) is 0 Å². The van der Waals surface area contributed by atoms with Crippen molar-refractivity contribution in [3.8, 4) is 23.1 Å². The Labute approximate surface area is 134 Å². The van der Waals surface area contributed by atoms with Crippen molar-refractivity contribution in [1.29, 1.82) is 0 Å². The molecule has 0 aliphatic carbocycles. The molecule has 1 aliphatic heterocycles. The van der Waals surface area contributed by atoms with Gasteiger partial charge in [0.15, 0.2) is 28.4 Å². The molecule has 0 saturated carbocycles. The van der Waals surface area contributed by atoms with Crippen LogP contribution >= 0.6 is 11.3 Å². The predicted octanol–water partition coefficient (Wildman–Crippen LogP) is 2.96. The molecule has 4 aromatic rings. The summed E-state index contributed by atoms with van der Waals surface area (Å²) in [5, 5.41) is 13.6. The van der Waals surface area contributed by atoms with Gasteiger partial charge in [0, 0.05) is 0 Å². The van der Waals surface area contributed by atoms with Gasteiger partial charge in [0.25, 0.3) is 0 Å². The van der Waals surface area contributed by atoms with Crippen LogP contribution in [0, 0.1) is 0 Å². The largest absolute Gasteiger partial charge is 0.485 e. The summed E-state index contributed by atoms with van der Waals surface area (Å²) < 4.78 is 18.8. The number of hydrogen-bond donors (Lipinski definition) is 0. The van der Waals surface area contributed by atoms with Gasteiger partial charge < -0.3 is 13.9 Å². The summed E-state index contributed by atoms with van der Waals surface area (Å²) in [5.74, 6) is 2.68. The number of benzene rings is 1. The standard InChI is InChI=1S/C15H10N4O3S/c1-2-5-10-9(4-1)21-8-12(22-10)14-18-19-13(11-6-3-7-20-11)16-17-15(19)23-14/h1-7,12H,8H2/t12-/m0/s1. The Bertz CT molecular complexity index is 976. The summed E-state index contributed by atoms with van der Waals surface area (Å²) >= 11 is 1.43. The number of nitrogens with zero attached hydrogens (tertiary/aromatic N) is 4. The van der Waals surface area contributed by atoms with Gasteiger partial charge >= 0.3 is 0 Å². The number of fused-ring (bicyclic) bond motifs is 2. The molecule has 0 spiro atoms. The molecule has 0 fully saturated rings. The van der Waals surface area contributed by atoms with Gasteiger partial charge in [0.1, 0.15) is 6.61 Å². The molecule has 0 N–H and O–H groups in total. The fourth-order valence-electron chi connectivity index (χ4n) is 2.46. The first-order valence-corrected chi connectivity index (χ1v) is 7.84. The Morgan fingerprint density at radius 1 is 1.09 bits per heavy atom. The average Bonchev–Trinajstić information content (AvgIpc) is 3.30. The lowest BCUT2D eigenvalue weighted by atomic mass is 10.3. The first-order chi connectivity index (χ1) is 11.4. The first-order valence-electron chi connectivity index (χ1n) is 7.03. The Morgan fingerprint density at radius 3 is 2.87 bits per heavy atom. The van der Waals surface area contributed by atoms with Crippen molar-refractivity contribution < 1.29 is 13.9 Å². The zero-order valence-corrected chi connectivity index (χ0v) is 12.6. The Balaban J connectivity index is 1.52. The smallest absolute Gasteiger partial charge is 0.235 e. The number of rotatable bonds is 2. The predicted molar refractivity (Wildman–Crippen MR) is 81.7 cm³/mol. The highest BCUT2D eigenvalue weighted by molar-refractivity contribution is 7.16. The normalized spacial score (nSPS) is 16.8. The van der Waals surface area contributed by atoms with Gasteiger partial charge in [-0.05, 0) is 24.3 Å². The van der Waals surface area contributed by atoms with Crippen LogP contribution in [0.5, 0.6) is 11.5 Å². The lowest BCUT2D eigenvalue weighted by Crippen LogP contribution is -2.21. The molecule has 1 aliphatic rings. The van der Waals surface area contributed by atoms with E-state index < -0.39 is 0 Å². The van der Waals surface area contributed by atoms with E-state index in [9.17, 15) is 0 Å². The van der Waals surface area contributed by atoms with E-state index in [4.69, 9.17) is 13.9 Å². The molecular weight excluding hydrogens is 316 g/mol. The van der Waals surface area contributed by atoms with Gasteiger partial charge in [-0.15, -0.1) is 10.2 Å². The molecule has 4 heterocycles. The Morgan fingerprint density at radius 2 is 2.00 bits per heavy atom. The van der Waals surface area contributed by atoms with Gasteiger partial charge in [0.05, 0.1) is 6.26 Å². The molecule has 1 atom stereocenters. The van der Waals surface area contributed by atoms with Crippen LogP contribution in [0.3, 0.4) is 0 Å². The average molecular weight is 326 g/mol. The summed E-state index contributed by atoms with van der Waals surface area (Å²) in [6, 6.07) is 11.2. The summed E-state index contributed by atoms with van der Waals surface area (Å²) in [6.45, 7) is 0.414. The molecule has 5 rings (SSSR count). The maximum absolute atomic E-state index is 5.99. The molecule has 114 valence electrons. The maximum Gasteiger partial charge on any atom is 0.235 e. The zero-order valence-electron chi connectivity index (χ0n) is 11.7. The highest BCUT2D eigenvalue weighted by Crippen LogP contribution is 2.37. The Hall–Kier alpha value is -2.87. The lowest BCUT2D eigenvalue weighted by Gasteiger charge is -2.24. The molecule has 0 unspecified atom stereocenters. The second-order valence-electron chi connectivity index (χ2n) is 5.00. The number of furan rings is 1. The fraction of sp³-hybridized carbons (Fsp3) is 0.133. The van der Waals surface area contributed by atoms with E-state index in [-0.39, 0.29) is 6.10 Å². The van der Waals surface area contributed by atoms with Crippen LogP contribution in [0.1, 0.15) is 11.1 Å². The van der Waals surface area contributed by atoms with Crippen molar-refractivity contribution in [2.75, 3.05) is 6.61 Å². The maximum atomic E-state index is 5.99. The summed E-state index contributed by atoms with van der Waals surface area (Å²) in [4.78, 5) is 0.689. The van der Waals surface area contributed by atoms with Crippen LogP contribution in [0.4, 0.5) is 0 Å². The van der Waals surface area contributed by atoms with Gasteiger partial charge in [0.2, 0.25) is 10.8 Å². The van der Waals surface area contributed by atoms with Crippen LogP contribution in [-0.2, 0) is 0 Å². The lowest BCUT2D eigenvalue weighted by molar-refractivity contribution is 0.0904. The van der Waals surface area contributed by atoms with E-state index in [1.54, 1.807) is 16.8 Å².